The van der Waals surface area contributed by atoms with Gasteiger partial charge in [-0.15, -0.1) is 0 Å². The number of hydrogen-bond donors (Lipinski definition) is 2. The Balaban J connectivity index is 2.05. The van der Waals surface area contributed by atoms with E-state index in [9.17, 15) is 18.0 Å². The topological polar surface area (TPSA) is 110 Å². The van der Waals surface area contributed by atoms with Crippen molar-refractivity contribution in [1.82, 2.24) is 19.7 Å². The predicted molar refractivity (Wildman–Crippen MR) is 117 cm³/mol. The zero-order chi connectivity index (χ0) is 23.3. The summed E-state index contributed by atoms with van der Waals surface area (Å²) < 4.78 is 33.7. The van der Waals surface area contributed by atoms with Crippen LogP contribution < -0.4 is 15.6 Å². The molecule has 2 aromatic rings. The Morgan fingerprint density at radius 2 is 1.81 bits per heavy atom. The van der Waals surface area contributed by atoms with Gasteiger partial charge in [0.1, 0.15) is 16.3 Å². The van der Waals surface area contributed by atoms with E-state index in [-0.39, 0.29) is 10.6 Å². The molecule has 0 bridgehead atoms. The Morgan fingerprint density at radius 1 is 1.16 bits per heavy atom. The molecule has 0 spiro atoms. The molecule has 0 fully saturated rings. The van der Waals surface area contributed by atoms with E-state index in [1.807, 2.05) is 26.0 Å². The third-order valence-corrected chi connectivity index (χ3v) is 7.10. The average molecular weight is 451 g/mol. The number of aryl methyl sites for hydroxylation is 2. The second-order valence-corrected chi connectivity index (χ2v) is 9.10. The van der Waals surface area contributed by atoms with Gasteiger partial charge in [0.15, 0.2) is 6.10 Å². The van der Waals surface area contributed by atoms with E-state index < -0.39 is 27.9 Å². The molecule has 2 rings (SSSR count). The van der Waals surface area contributed by atoms with Crippen LogP contribution in [0.25, 0.3) is 0 Å². The molecule has 1 atom stereocenters. The van der Waals surface area contributed by atoms with Crippen LogP contribution in [0.4, 0.5) is 0 Å². The van der Waals surface area contributed by atoms with Crippen molar-refractivity contribution < 1.29 is 22.7 Å². The molecule has 0 saturated carbocycles. The molecule has 31 heavy (non-hydrogen) atoms. The number of aromatic nitrogens is 1. The van der Waals surface area contributed by atoms with Crippen molar-refractivity contribution >= 4 is 21.8 Å². The average Bonchev–Trinajstić information content (AvgIpc) is 3.12. The van der Waals surface area contributed by atoms with Crippen molar-refractivity contribution in [1.29, 1.82) is 0 Å². The first-order chi connectivity index (χ1) is 14.5. The number of amides is 2. The number of hydrogen-bond acceptors (Lipinski definition) is 5. The maximum absolute atomic E-state index is 12.7. The zero-order valence-corrected chi connectivity index (χ0v) is 19.5. The number of hydrazine groups is 1. The molecule has 1 heterocycles. The third kappa shape index (κ3) is 5.45. The van der Waals surface area contributed by atoms with Crippen molar-refractivity contribution in [3.8, 4) is 5.75 Å². The van der Waals surface area contributed by atoms with Gasteiger partial charge in [0.05, 0.1) is 0 Å². The minimum Gasteiger partial charge on any atom is -0.481 e. The molecular formula is C21H30N4O5S. The highest BCUT2D eigenvalue weighted by molar-refractivity contribution is 7.89. The van der Waals surface area contributed by atoms with Gasteiger partial charge in [-0.25, -0.2) is 8.42 Å². The lowest BCUT2D eigenvalue weighted by molar-refractivity contribution is -0.128. The van der Waals surface area contributed by atoms with Crippen LogP contribution in [0.15, 0.2) is 35.4 Å². The summed E-state index contributed by atoms with van der Waals surface area (Å²) in [5.74, 6) is -0.599. The molecule has 0 radical (unpaired) electrons. The molecule has 10 heteroatoms. The Hall–Kier alpha value is -2.85. The van der Waals surface area contributed by atoms with E-state index in [0.717, 1.165) is 11.1 Å². The molecule has 2 N–H and O–H groups in total. The SMILES string of the molecule is CCN(CC)S(=O)(=O)c1cc(C(=O)NNC(=O)[C@H](C)Oc2cccc(C)c2C)n(C)c1. The first kappa shape index (κ1) is 24.4. The van der Waals surface area contributed by atoms with Gasteiger partial charge in [-0.1, -0.05) is 26.0 Å². The van der Waals surface area contributed by atoms with Crippen LogP contribution in [-0.2, 0) is 21.9 Å². The second kappa shape index (κ2) is 9.97. The van der Waals surface area contributed by atoms with Gasteiger partial charge < -0.3 is 9.30 Å². The largest absolute Gasteiger partial charge is 0.481 e. The minimum atomic E-state index is -3.70. The Morgan fingerprint density at radius 3 is 2.42 bits per heavy atom. The highest BCUT2D eigenvalue weighted by atomic mass is 32.2. The monoisotopic (exact) mass is 450 g/mol. The quantitative estimate of drug-likeness (QED) is 0.597. The van der Waals surface area contributed by atoms with Gasteiger partial charge in [0, 0.05) is 26.3 Å². The van der Waals surface area contributed by atoms with Gasteiger partial charge >= 0.3 is 0 Å². The fourth-order valence-electron chi connectivity index (χ4n) is 2.99. The first-order valence-electron chi connectivity index (χ1n) is 10.0. The van der Waals surface area contributed by atoms with Crippen LogP contribution in [0.5, 0.6) is 5.75 Å². The summed E-state index contributed by atoms with van der Waals surface area (Å²) in [4.78, 5) is 24.9. The van der Waals surface area contributed by atoms with Crippen LogP contribution >= 0.6 is 0 Å². The van der Waals surface area contributed by atoms with Crippen LogP contribution in [0.3, 0.4) is 0 Å². The van der Waals surface area contributed by atoms with Gasteiger partial charge in [-0.3, -0.25) is 20.4 Å². The summed E-state index contributed by atoms with van der Waals surface area (Å²) in [6.07, 6.45) is 0.518. The molecule has 0 aliphatic rings. The van der Waals surface area contributed by atoms with Gasteiger partial charge in [0.25, 0.3) is 11.8 Å². The maximum Gasteiger partial charge on any atom is 0.286 e. The summed E-state index contributed by atoms with van der Waals surface area (Å²) in [6, 6.07) is 6.84. The maximum atomic E-state index is 12.7. The van der Waals surface area contributed by atoms with Crippen molar-refractivity contribution in [3.63, 3.8) is 0 Å². The van der Waals surface area contributed by atoms with E-state index >= 15 is 0 Å². The van der Waals surface area contributed by atoms with Gasteiger partial charge in [-0.05, 0) is 44.0 Å². The van der Waals surface area contributed by atoms with Crippen molar-refractivity contribution in [2.24, 2.45) is 7.05 Å². The number of rotatable bonds is 8. The van der Waals surface area contributed by atoms with E-state index in [0.29, 0.717) is 18.8 Å². The normalized spacial score (nSPS) is 12.5. The van der Waals surface area contributed by atoms with Crippen molar-refractivity contribution in [2.75, 3.05) is 13.1 Å². The third-order valence-electron chi connectivity index (χ3n) is 5.08. The first-order valence-corrected chi connectivity index (χ1v) is 11.5. The summed E-state index contributed by atoms with van der Waals surface area (Å²) in [5.41, 5.74) is 6.68. The lowest BCUT2D eigenvalue weighted by atomic mass is 10.1. The number of nitrogens with zero attached hydrogens (tertiary/aromatic N) is 2. The summed E-state index contributed by atoms with van der Waals surface area (Å²) in [6.45, 7) is 9.55. The molecule has 1 aromatic carbocycles. The Kier molecular flexibility index (Phi) is 7.85. The fourth-order valence-corrected chi connectivity index (χ4v) is 4.52. The molecule has 2 amide bonds. The second-order valence-electron chi connectivity index (χ2n) is 7.16. The van der Waals surface area contributed by atoms with Crippen molar-refractivity contribution in [3.05, 3.63) is 47.3 Å². The molecule has 0 aliphatic carbocycles. The molecule has 170 valence electrons. The van der Waals surface area contributed by atoms with Crippen LogP contribution in [0, 0.1) is 13.8 Å². The van der Waals surface area contributed by atoms with E-state index in [2.05, 4.69) is 10.9 Å². The van der Waals surface area contributed by atoms with Gasteiger partial charge in [-0.2, -0.15) is 4.31 Å². The molecule has 0 saturated heterocycles. The van der Waals surface area contributed by atoms with E-state index in [1.54, 1.807) is 33.9 Å². The van der Waals surface area contributed by atoms with Crippen LogP contribution in [-0.4, -0.2) is 48.3 Å². The molecule has 0 aliphatic heterocycles. The molecule has 1 aromatic heterocycles. The number of benzene rings is 1. The molecule has 9 nitrogen and oxygen atoms in total. The summed E-state index contributed by atoms with van der Waals surface area (Å²) >= 11 is 0. The zero-order valence-electron chi connectivity index (χ0n) is 18.7. The van der Waals surface area contributed by atoms with E-state index in [4.69, 9.17) is 4.74 Å². The van der Waals surface area contributed by atoms with Gasteiger partial charge in [0.2, 0.25) is 10.0 Å². The van der Waals surface area contributed by atoms with Crippen molar-refractivity contribution in [2.45, 2.75) is 45.6 Å². The lowest BCUT2D eigenvalue weighted by Gasteiger charge is -2.17. The number of sulfonamides is 1. The number of carbonyl (C=O) groups is 2. The minimum absolute atomic E-state index is 0.0156. The standard InChI is InChI=1S/C21H30N4O5S/c1-7-25(8-2)31(28,29)17-12-18(24(6)13-17)21(27)23-22-20(26)16(5)30-19-11-9-10-14(3)15(19)4/h9-13,16H,7-8H2,1-6H3,(H,22,26)(H,23,27)/t16-/m0/s1. The fraction of sp³-hybridized carbons (Fsp3) is 0.429. The summed E-state index contributed by atoms with van der Waals surface area (Å²) in [7, 11) is -2.14. The molecule has 0 unspecified atom stereocenters. The highest BCUT2D eigenvalue weighted by Crippen LogP contribution is 2.22. The van der Waals surface area contributed by atoms with Crippen LogP contribution in [0.2, 0.25) is 0 Å². The number of ether oxygens (including phenoxy) is 1. The Labute approximate surface area is 183 Å². The highest BCUT2D eigenvalue weighted by Gasteiger charge is 2.26. The molecular weight excluding hydrogens is 420 g/mol. The van der Waals surface area contributed by atoms with E-state index in [1.165, 1.54) is 21.1 Å². The number of nitrogens with one attached hydrogen (secondary N) is 2. The van der Waals surface area contributed by atoms with Crippen LogP contribution in [0.1, 0.15) is 42.4 Å². The lowest BCUT2D eigenvalue weighted by Crippen LogP contribution is -2.47. The smallest absolute Gasteiger partial charge is 0.286 e. The Bertz CT molecular complexity index is 1060. The number of carbonyl (C=O) groups excluding carboxylic acids is 2. The summed E-state index contributed by atoms with van der Waals surface area (Å²) in [5, 5.41) is 0. The predicted octanol–water partition coefficient (Wildman–Crippen LogP) is 1.90.